The maximum Gasteiger partial charge on any atom is 0.270 e. The van der Waals surface area contributed by atoms with Gasteiger partial charge in [-0.2, -0.15) is 5.10 Å². The monoisotopic (exact) mass is 245 g/mol. The molecule has 3 rings (SSSR count). The SMILES string of the molecule is O=C(c1ccc[nH]1)N1CCCC(n2cncn2)C1. The summed E-state index contributed by atoms with van der Waals surface area (Å²) in [5.41, 5.74) is 0.647. The molecule has 94 valence electrons. The summed E-state index contributed by atoms with van der Waals surface area (Å²) < 4.78 is 1.84. The Kier molecular flexibility index (Phi) is 2.84. The third-order valence-corrected chi connectivity index (χ3v) is 3.32. The van der Waals surface area contributed by atoms with Gasteiger partial charge in [-0.3, -0.25) is 4.79 Å². The second kappa shape index (κ2) is 4.64. The van der Waals surface area contributed by atoms with Gasteiger partial charge in [0.05, 0.1) is 6.04 Å². The number of nitrogens with zero attached hydrogens (tertiary/aromatic N) is 4. The van der Waals surface area contributed by atoms with Crippen molar-refractivity contribution in [3.8, 4) is 0 Å². The van der Waals surface area contributed by atoms with Crippen molar-refractivity contribution in [2.75, 3.05) is 13.1 Å². The number of hydrogen-bond acceptors (Lipinski definition) is 3. The molecule has 2 aromatic rings. The molecule has 0 saturated carbocycles. The fourth-order valence-corrected chi connectivity index (χ4v) is 2.39. The van der Waals surface area contributed by atoms with Crippen LogP contribution >= 0.6 is 0 Å². The molecule has 1 saturated heterocycles. The number of piperidine rings is 1. The largest absolute Gasteiger partial charge is 0.357 e. The van der Waals surface area contributed by atoms with Crippen LogP contribution in [0.25, 0.3) is 0 Å². The third kappa shape index (κ3) is 2.01. The van der Waals surface area contributed by atoms with Crippen LogP contribution in [-0.2, 0) is 0 Å². The van der Waals surface area contributed by atoms with E-state index in [1.807, 2.05) is 15.6 Å². The predicted molar refractivity (Wildman–Crippen MR) is 65.0 cm³/mol. The lowest BCUT2D eigenvalue weighted by molar-refractivity contribution is 0.0667. The molecule has 6 heteroatoms. The van der Waals surface area contributed by atoms with E-state index >= 15 is 0 Å². The van der Waals surface area contributed by atoms with Crippen LogP contribution in [0.4, 0.5) is 0 Å². The summed E-state index contributed by atoms with van der Waals surface area (Å²) in [6.07, 6.45) is 7.06. The zero-order valence-electron chi connectivity index (χ0n) is 9.99. The average Bonchev–Trinajstić information content (AvgIpc) is 3.11. The first-order valence-corrected chi connectivity index (χ1v) is 6.11. The maximum atomic E-state index is 12.2. The number of carbonyl (C=O) groups is 1. The highest BCUT2D eigenvalue weighted by Crippen LogP contribution is 2.21. The fourth-order valence-electron chi connectivity index (χ4n) is 2.39. The van der Waals surface area contributed by atoms with Crippen LogP contribution in [0, 0.1) is 0 Å². The zero-order valence-corrected chi connectivity index (χ0v) is 9.99. The van der Waals surface area contributed by atoms with Gasteiger partial charge in [0.15, 0.2) is 0 Å². The molecule has 0 bridgehead atoms. The van der Waals surface area contributed by atoms with Crippen molar-refractivity contribution in [3.05, 3.63) is 36.7 Å². The molecule has 18 heavy (non-hydrogen) atoms. The first kappa shape index (κ1) is 11.0. The van der Waals surface area contributed by atoms with E-state index in [0.29, 0.717) is 12.2 Å². The summed E-state index contributed by atoms with van der Waals surface area (Å²) in [5.74, 6) is 0.0600. The second-order valence-corrected chi connectivity index (χ2v) is 4.51. The van der Waals surface area contributed by atoms with Gasteiger partial charge in [-0.15, -0.1) is 0 Å². The summed E-state index contributed by atoms with van der Waals surface area (Å²) in [6.45, 7) is 1.50. The van der Waals surface area contributed by atoms with E-state index in [1.54, 1.807) is 18.6 Å². The van der Waals surface area contributed by atoms with Crippen LogP contribution in [-0.4, -0.2) is 43.6 Å². The van der Waals surface area contributed by atoms with E-state index in [1.165, 1.54) is 6.33 Å². The summed E-state index contributed by atoms with van der Waals surface area (Å²) in [7, 11) is 0. The lowest BCUT2D eigenvalue weighted by atomic mass is 10.1. The number of nitrogens with one attached hydrogen (secondary N) is 1. The van der Waals surface area contributed by atoms with Gasteiger partial charge in [0.25, 0.3) is 5.91 Å². The lowest BCUT2D eigenvalue weighted by Crippen LogP contribution is -2.41. The minimum absolute atomic E-state index is 0.0600. The molecular formula is C12H15N5O. The molecule has 2 aromatic heterocycles. The molecule has 1 fully saturated rings. The molecule has 0 aliphatic carbocycles. The van der Waals surface area contributed by atoms with Crippen LogP contribution in [0.3, 0.4) is 0 Å². The van der Waals surface area contributed by atoms with Gasteiger partial charge < -0.3 is 9.88 Å². The Bertz CT molecular complexity index is 505. The number of aromatic amines is 1. The predicted octanol–water partition coefficient (Wildman–Crippen LogP) is 1.08. The minimum atomic E-state index is 0.0600. The number of amides is 1. The van der Waals surface area contributed by atoms with Gasteiger partial charge in [0.2, 0.25) is 0 Å². The Morgan fingerprint density at radius 3 is 3.17 bits per heavy atom. The molecule has 1 N–H and O–H groups in total. The van der Waals surface area contributed by atoms with Gasteiger partial charge >= 0.3 is 0 Å². The first-order chi connectivity index (χ1) is 8.84. The van der Waals surface area contributed by atoms with Crippen molar-refractivity contribution in [2.45, 2.75) is 18.9 Å². The molecule has 6 nitrogen and oxygen atoms in total. The van der Waals surface area contributed by atoms with E-state index in [4.69, 9.17) is 0 Å². The minimum Gasteiger partial charge on any atom is -0.357 e. The van der Waals surface area contributed by atoms with Crippen molar-refractivity contribution >= 4 is 5.91 Å². The summed E-state index contributed by atoms with van der Waals surface area (Å²) in [5, 5.41) is 4.16. The van der Waals surface area contributed by atoms with Crippen molar-refractivity contribution in [1.29, 1.82) is 0 Å². The first-order valence-electron chi connectivity index (χ1n) is 6.11. The standard InChI is InChI=1S/C12H15N5O/c18-12(11-4-1-5-14-11)16-6-2-3-10(7-16)17-9-13-8-15-17/h1,4-5,8-10,14H,2-3,6-7H2. The van der Waals surface area contributed by atoms with Gasteiger partial charge in [-0.1, -0.05) is 0 Å². The van der Waals surface area contributed by atoms with E-state index in [2.05, 4.69) is 15.1 Å². The summed E-state index contributed by atoms with van der Waals surface area (Å²) in [4.78, 5) is 21.0. The molecule has 0 aromatic carbocycles. The average molecular weight is 245 g/mol. The molecule has 1 aliphatic rings. The highest BCUT2D eigenvalue weighted by atomic mass is 16.2. The zero-order chi connectivity index (χ0) is 12.4. The lowest BCUT2D eigenvalue weighted by Gasteiger charge is -2.32. The van der Waals surface area contributed by atoms with Crippen LogP contribution in [0.2, 0.25) is 0 Å². The van der Waals surface area contributed by atoms with Gasteiger partial charge in [-0.05, 0) is 25.0 Å². The molecule has 0 radical (unpaired) electrons. The van der Waals surface area contributed by atoms with Crippen molar-refractivity contribution < 1.29 is 4.79 Å². The van der Waals surface area contributed by atoms with Crippen molar-refractivity contribution in [3.63, 3.8) is 0 Å². The number of likely N-dealkylation sites (tertiary alicyclic amines) is 1. The van der Waals surface area contributed by atoms with Gasteiger partial charge in [-0.25, -0.2) is 9.67 Å². The van der Waals surface area contributed by atoms with E-state index in [9.17, 15) is 4.79 Å². The van der Waals surface area contributed by atoms with E-state index < -0.39 is 0 Å². The van der Waals surface area contributed by atoms with Crippen LogP contribution < -0.4 is 0 Å². The maximum absolute atomic E-state index is 12.2. The Labute approximate surface area is 105 Å². The highest BCUT2D eigenvalue weighted by molar-refractivity contribution is 5.92. The number of rotatable bonds is 2. The Morgan fingerprint density at radius 1 is 1.50 bits per heavy atom. The number of H-pyrrole nitrogens is 1. The second-order valence-electron chi connectivity index (χ2n) is 4.51. The van der Waals surface area contributed by atoms with Crippen LogP contribution in [0.5, 0.6) is 0 Å². The fraction of sp³-hybridized carbons (Fsp3) is 0.417. The Balaban J connectivity index is 1.73. The highest BCUT2D eigenvalue weighted by Gasteiger charge is 2.26. The quantitative estimate of drug-likeness (QED) is 0.861. The molecule has 3 heterocycles. The molecular weight excluding hydrogens is 230 g/mol. The molecule has 1 unspecified atom stereocenters. The van der Waals surface area contributed by atoms with E-state index in [-0.39, 0.29) is 11.9 Å². The number of carbonyl (C=O) groups excluding carboxylic acids is 1. The van der Waals surface area contributed by atoms with Crippen molar-refractivity contribution in [1.82, 2.24) is 24.6 Å². The third-order valence-electron chi connectivity index (χ3n) is 3.32. The topological polar surface area (TPSA) is 66.8 Å². The number of hydrogen-bond donors (Lipinski definition) is 1. The summed E-state index contributed by atoms with van der Waals surface area (Å²) in [6, 6.07) is 3.88. The van der Waals surface area contributed by atoms with Crippen molar-refractivity contribution in [2.24, 2.45) is 0 Å². The smallest absolute Gasteiger partial charge is 0.270 e. The molecule has 1 aliphatic heterocycles. The normalized spacial score (nSPS) is 20.0. The molecule has 1 amide bonds. The Hall–Kier alpha value is -2.11. The van der Waals surface area contributed by atoms with Gasteiger partial charge in [0, 0.05) is 19.3 Å². The summed E-state index contributed by atoms with van der Waals surface area (Å²) >= 11 is 0. The van der Waals surface area contributed by atoms with Crippen LogP contribution in [0.15, 0.2) is 31.0 Å². The molecule has 0 spiro atoms. The number of aromatic nitrogens is 4. The van der Waals surface area contributed by atoms with E-state index in [0.717, 1.165) is 19.4 Å². The molecule has 1 atom stereocenters. The Morgan fingerprint density at radius 2 is 2.44 bits per heavy atom. The van der Waals surface area contributed by atoms with Gasteiger partial charge in [0.1, 0.15) is 18.3 Å². The van der Waals surface area contributed by atoms with Crippen LogP contribution in [0.1, 0.15) is 29.4 Å².